The number of rotatable bonds is 5. The van der Waals surface area contributed by atoms with Crippen LogP contribution < -0.4 is 5.32 Å². The molecular weight excluding hydrogens is 374 g/mol. The van der Waals surface area contributed by atoms with Crippen molar-refractivity contribution in [2.24, 2.45) is 0 Å². The number of fused-ring (bicyclic) bond motifs is 2. The highest BCUT2D eigenvalue weighted by Crippen LogP contribution is 2.37. The van der Waals surface area contributed by atoms with Gasteiger partial charge in [-0.2, -0.15) is 0 Å². The lowest BCUT2D eigenvalue weighted by Gasteiger charge is -2.37. The van der Waals surface area contributed by atoms with Gasteiger partial charge in [-0.15, -0.1) is 0 Å². The molecule has 0 spiro atoms. The van der Waals surface area contributed by atoms with E-state index in [1.807, 2.05) is 78.9 Å². The number of carbonyl (C=O) groups excluding carboxylic acids is 2. The average molecular weight is 395 g/mol. The second kappa shape index (κ2) is 7.52. The molecule has 5 rings (SSSR count). The number of Topliss-reactive ketones (excluding diaryl/α,β-unsaturated/α-hetero) is 1. The minimum Gasteiger partial charge on any atom is -0.360 e. The quantitative estimate of drug-likeness (QED) is 0.436. The smallest absolute Gasteiger partial charge is 0.322 e. The summed E-state index contributed by atoms with van der Waals surface area (Å²) in [6, 6.07) is 24.8. The molecule has 1 aliphatic heterocycles. The van der Waals surface area contributed by atoms with Gasteiger partial charge in [-0.3, -0.25) is 4.79 Å². The number of H-pyrrole nitrogens is 1. The van der Waals surface area contributed by atoms with E-state index < -0.39 is 0 Å². The third kappa shape index (κ3) is 3.24. The fourth-order valence-electron chi connectivity index (χ4n) is 4.17. The third-order valence-corrected chi connectivity index (χ3v) is 5.66. The number of hydrogen-bond donors (Lipinski definition) is 2. The van der Waals surface area contributed by atoms with E-state index in [-0.39, 0.29) is 24.3 Å². The Bertz CT molecular complexity index is 1230. The van der Waals surface area contributed by atoms with Crippen LogP contribution in [0.25, 0.3) is 10.9 Å². The van der Waals surface area contributed by atoms with Gasteiger partial charge >= 0.3 is 6.03 Å². The molecule has 0 saturated carbocycles. The topological polar surface area (TPSA) is 65.2 Å². The predicted octanol–water partition coefficient (Wildman–Crippen LogP) is 5.53. The summed E-state index contributed by atoms with van der Waals surface area (Å²) in [4.78, 5) is 31.2. The molecule has 0 fully saturated rings. The third-order valence-electron chi connectivity index (χ3n) is 5.66. The highest BCUT2D eigenvalue weighted by molar-refractivity contribution is 6.08. The lowest BCUT2D eigenvalue weighted by Crippen LogP contribution is -2.42. The fraction of sp³-hybridized carbons (Fsp3) is 0.120. The number of hydrogen-bond acceptors (Lipinski definition) is 2. The van der Waals surface area contributed by atoms with E-state index in [1.165, 1.54) is 0 Å². The number of nitrogens with zero attached hydrogens (tertiary/aromatic N) is 1. The first-order valence-corrected chi connectivity index (χ1v) is 10.0. The number of amides is 2. The van der Waals surface area contributed by atoms with Gasteiger partial charge in [-0.05, 0) is 23.3 Å². The Kier molecular flexibility index (Phi) is 4.56. The molecule has 0 bridgehead atoms. The van der Waals surface area contributed by atoms with Gasteiger partial charge in [0.05, 0.1) is 6.04 Å². The maximum atomic E-state index is 13.3. The molecule has 5 nitrogen and oxygen atoms in total. The van der Waals surface area contributed by atoms with Crippen LogP contribution in [-0.4, -0.2) is 21.7 Å². The van der Waals surface area contributed by atoms with Gasteiger partial charge < -0.3 is 15.2 Å². The second-order valence-corrected chi connectivity index (χ2v) is 7.52. The minimum atomic E-state index is -0.337. The molecule has 4 aromatic rings. The molecule has 0 saturated heterocycles. The first-order chi connectivity index (χ1) is 14.7. The largest absolute Gasteiger partial charge is 0.360 e. The molecule has 1 atom stereocenters. The normalized spacial score (nSPS) is 15.7. The van der Waals surface area contributed by atoms with Crippen molar-refractivity contribution in [3.05, 3.63) is 102 Å². The SMILES string of the molecule is O=C(CC1c2ccccc2NC(=O)N1Cc1ccccc1)c1c[nH]c2ccccc12. The van der Waals surface area contributed by atoms with Gasteiger partial charge in [0.1, 0.15) is 0 Å². The first kappa shape index (κ1) is 18.2. The first-order valence-electron chi connectivity index (χ1n) is 10.0. The Morgan fingerprint density at radius 1 is 0.900 bits per heavy atom. The van der Waals surface area contributed by atoms with Crippen LogP contribution in [0.4, 0.5) is 10.5 Å². The molecular formula is C25H21N3O2. The number of nitrogens with one attached hydrogen (secondary N) is 2. The molecule has 0 aliphatic carbocycles. The van der Waals surface area contributed by atoms with Crippen LogP contribution in [0.1, 0.15) is 33.9 Å². The molecule has 30 heavy (non-hydrogen) atoms. The number of carbonyl (C=O) groups is 2. The highest BCUT2D eigenvalue weighted by atomic mass is 16.2. The molecule has 3 aromatic carbocycles. The van der Waals surface area contributed by atoms with Crippen molar-refractivity contribution in [3.8, 4) is 0 Å². The Morgan fingerprint density at radius 2 is 1.63 bits per heavy atom. The van der Waals surface area contributed by atoms with Crippen LogP contribution in [0.2, 0.25) is 0 Å². The van der Waals surface area contributed by atoms with E-state index in [4.69, 9.17) is 0 Å². The van der Waals surface area contributed by atoms with Gasteiger partial charge in [0, 0.05) is 41.3 Å². The summed E-state index contributed by atoms with van der Waals surface area (Å²) in [5.41, 5.74) is 4.35. The van der Waals surface area contributed by atoms with Gasteiger partial charge in [0.15, 0.2) is 5.78 Å². The minimum absolute atomic E-state index is 0.0139. The molecule has 2 amide bonds. The molecule has 1 aliphatic rings. The van der Waals surface area contributed by atoms with E-state index in [9.17, 15) is 9.59 Å². The molecule has 2 N–H and O–H groups in total. The summed E-state index contributed by atoms with van der Waals surface area (Å²) in [6.45, 7) is 0.437. The number of ketones is 1. The Labute approximate surface area is 174 Å². The van der Waals surface area contributed by atoms with Crippen LogP contribution in [0.15, 0.2) is 85.1 Å². The van der Waals surface area contributed by atoms with Gasteiger partial charge in [-0.25, -0.2) is 4.79 Å². The van der Waals surface area contributed by atoms with Crippen molar-refractivity contribution in [1.29, 1.82) is 0 Å². The standard InChI is InChI=1S/C25H21N3O2/c29-24(20-15-26-21-12-6-4-10-18(20)21)14-23-19-11-5-7-13-22(19)27-25(30)28(23)16-17-8-2-1-3-9-17/h1-13,15,23,26H,14,16H2,(H,27,30). The van der Waals surface area contributed by atoms with Crippen LogP contribution in [0.5, 0.6) is 0 Å². The number of urea groups is 1. The zero-order chi connectivity index (χ0) is 20.5. The summed E-state index contributed by atoms with van der Waals surface area (Å²) >= 11 is 0. The molecule has 148 valence electrons. The number of anilines is 1. The van der Waals surface area contributed by atoms with Crippen LogP contribution in [0.3, 0.4) is 0 Å². The molecule has 2 heterocycles. The van der Waals surface area contributed by atoms with E-state index in [0.29, 0.717) is 12.1 Å². The number of aromatic nitrogens is 1. The maximum absolute atomic E-state index is 13.3. The average Bonchev–Trinajstić information content (AvgIpc) is 3.21. The Morgan fingerprint density at radius 3 is 2.50 bits per heavy atom. The monoisotopic (exact) mass is 395 g/mol. The van der Waals surface area contributed by atoms with Gasteiger partial charge in [-0.1, -0.05) is 66.7 Å². The molecule has 0 radical (unpaired) electrons. The summed E-state index contributed by atoms with van der Waals surface area (Å²) in [7, 11) is 0. The lowest BCUT2D eigenvalue weighted by molar-refractivity contribution is 0.0935. The van der Waals surface area contributed by atoms with Crippen molar-refractivity contribution >= 4 is 28.4 Å². The van der Waals surface area contributed by atoms with Gasteiger partial charge in [0.25, 0.3) is 0 Å². The van der Waals surface area contributed by atoms with E-state index >= 15 is 0 Å². The number of para-hydroxylation sites is 2. The van der Waals surface area contributed by atoms with Gasteiger partial charge in [0.2, 0.25) is 0 Å². The van der Waals surface area contributed by atoms with Crippen LogP contribution in [0, 0.1) is 0 Å². The van der Waals surface area contributed by atoms with E-state index in [2.05, 4.69) is 10.3 Å². The predicted molar refractivity (Wildman–Crippen MR) is 117 cm³/mol. The summed E-state index contributed by atoms with van der Waals surface area (Å²) < 4.78 is 0. The number of aromatic amines is 1. The highest BCUT2D eigenvalue weighted by Gasteiger charge is 2.34. The van der Waals surface area contributed by atoms with Crippen molar-refractivity contribution < 1.29 is 9.59 Å². The summed E-state index contributed by atoms with van der Waals surface area (Å²) in [5.74, 6) is 0.0139. The van der Waals surface area contributed by atoms with Crippen molar-refractivity contribution in [3.63, 3.8) is 0 Å². The molecule has 1 unspecified atom stereocenters. The summed E-state index contributed by atoms with van der Waals surface area (Å²) in [6.07, 6.45) is 1.99. The number of benzene rings is 3. The van der Waals surface area contributed by atoms with E-state index in [1.54, 1.807) is 11.1 Å². The maximum Gasteiger partial charge on any atom is 0.322 e. The summed E-state index contributed by atoms with van der Waals surface area (Å²) in [5, 5.41) is 3.88. The van der Waals surface area contributed by atoms with Crippen LogP contribution >= 0.6 is 0 Å². The second-order valence-electron chi connectivity index (χ2n) is 7.52. The lowest BCUT2D eigenvalue weighted by atomic mass is 9.93. The molecule has 1 aromatic heterocycles. The Balaban J connectivity index is 1.51. The zero-order valence-corrected chi connectivity index (χ0v) is 16.3. The fourth-order valence-corrected chi connectivity index (χ4v) is 4.17. The van der Waals surface area contributed by atoms with Crippen molar-refractivity contribution in [2.75, 3.05) is 5.32 Å². The van der Waals surface area contributed by atoms with Crippen molar-refractivity contribution in [1.82, 2.24) is 9.88 Å². The Hall–Kier alpha value is -3.86. The molecule has 5 heteroatoms. The zero-order valence-electron chi connectivity index (χ0n) is 16.3. The van der Waals surface area contributed by atoms with Crippen molar-refractivity contribution in [2.45, 2.75) is 19.0 Å². The van der Waals surface area contributed by atoms with Crippen LogP contribution in [-0.2, 0) is 6.54 Å². The van der Waals surface area contributed by atoms with E-state index in [0.717, 1.165) is 27.7 Å².